The van der Waals surface area contributed by atoms with E-state index < -0.39 is 0 Å². The molecule has 2 aliphatic heterocycles. The van der Waals surface area contributed by atoms with Crippen molar-refractivity contribution in [2.24, 2.45) is 11.8 Å². The van der Waals surface area contributed by atoms with E-state index in [1.165, 1.54) is 6.42 Å². The Hall–Kier alpha value is -1.10. The van der Waals surface area contributed by atoms with E-state index in [1.807, 2.05) is 4.90 Å². The third-order valence-electron chi connectivity index (χ3n) is 4.59. The van der Waals surface area contributed by atoms with E-state index in [0.29, 0.717) is 24.9 Å². The zero-order valence-corrected chi connectivity index (χ0v) is 13.6. The van der Waals surface area contributed by atoms with Gasteiger partial charge in [-0.25, -0.2) is 0 Å². The van der Waals surface area contributed by atoms with Gasteiger partial charge in [-0.15, -0.1) is 0 Å². The summed E-state index contributed by atoms with van der Waals surface area (Å²) in [6, 6.07) is 0.475. The molecular weight excluding hydrogens is 266 g/mol. The highest BCUT2D eigenvalue weighted by Gasteiger charge is 2.34. The van der Waals surface area contributed by atoms with Gasteiger partial charge in [0.15, 0.2) is 0 Å². The van der Waals surface area contributed by atoms with E-state index in [2.05, 4.69) is 31.0 Å². The molecule has 0 aromatic rings. The normalized spacial score (nSPS) is 26.9. The van der Waals surface area contributed by atoms with Gasteiger partial charge in [-0.2, -0.15) is 0 Å². The van der Waals surface area contributed by atoms with Crippen LogP contribution in [-0.2, 0) is 9.59 Å². The van der Waals surface area contributed by atoms with Crippen molar-refractivity contribution in [1.29, 1.82) is 0 Å². The van der Waals surface area contributed by atoms with E-state index in [9.17, 15) is 9.59 Å². The van der Waals surface area contributed by atoms with E-state index in [1.54, 1.807) is 0 Å². The molecule has 120 valence electrons. The minimum Gasteiger partial charge on any atom is -0.354 e. The molecule has 0 spiro atoms. The van der Waals surface area contributed by atoms with Crippen molar-refractivity contribution >= 4 is 11.8 Å². The number of hydrogen-bond acceptors (Lipinski definition) is 3. The third kappa shape index (κ3) is 4.19. The number of hydrogen-bond donors (Lipinski definition) is 1. The fourth-order valence-electron chi connectivity index (χ4n) is 3.47. The number of likely N-dealkylation sites (tertiary alicyclic amines) is 2. The molecule has 2 aliphatic rings. The highest BCUT2D eigenvalue weighted by atomic mass is 16.2. The Kier molecular flexibility index (Phi) is 5.62. The summed E-state index contributed by atoms with van der Waals surface area (Å²) < 4.78 is 0. The van der Waals surface area contributed by atoms with E-state index in [4.69, 9.17) is 0 Å². The van der Waals surface area contributed by atoms with Crippen LogP contribution in [0.5, 0.6) is 0 Å². The Morgan fingerprint density at radius 2 is 2.19 bits per heavy atom. The lowest BCUT2D eigenvalue weighted by Crippen LogP contribution is -2.42. The quantitative estimate of drug-likeness (QED) is 0.798. The summed E-state index contributed by atoms with van der Waals surface area (Å²) in [6.07, 6.45) is 2.76. The van der Waals surface area contributed by atoms with Crippen LogP contribution in [0.15, 0.2) is 0 Å². The lowest BCUT2D eigenvalue weighted by molar-refractivity contribution is -0.129. The number of nitrogens with one attached hydrogen (secondary N) is 1. The smallest absolute Gasteiger partial charge is 0.225 e. The maximum Gasteiger partial charge on any atom is 0.225 e. The minimum atomic E-state index is -0.160. The molecule has 0 unspecified atom stereocenters. The second kappa shape index (κ2) is 7.25. The van der Waals surface area contributed by atoms with Crippen LogP contribution in [0.3, 0.4) is 0 Å². The second-order valence-electron chi connectivity index (χ2n) is 6.76. The summed E-state index contributed by atoms with van der Waals surface area (Å²) in [5.74, 6) is 0.470. The fourth-order valence-corrected chi connectivity index (χ4v) is 3.47. The predicted molar refractivity (Wildman–Crippen MR) is 82.8 cm³/mol. The van der Waals surface area contributed by atoms with Gasteiger partial charge < -0.3 is 10.2 Å². The number of carbonyl (C=O) groups is 2. The Morgan fingerprint density at radius 3 is 2.86 bits per heavy atom. The van der Waals surface area contributed by atoms with Crippen molar-refractivity contribution in [3.8, 4) is 0 Å². The number of likely N-dealkylation sites (N-methyl/N-ethyl adjacent to an activating group) is 1. The first kappa shape index (κ1) is 16.3. The van der Waals surface area contributed by atoms with Crippen molar-refractivity contribution < 1.29 is 9.59 Å². The first-order valence-electron chi connectivity index (χ1n) is 8.30. The summed E-state index contributed by atoms with van der Waals surface area (Å²) in [5, 5.41) is 3.07. The Bertz CT molecular complexity index is 384. The molecule has 21 heavy (non-hydrogen) atoms. The number of nitrogens with zero attached hydrogens (tertiary/aromatic N) is 2. The van der Waals surface area contributed by atoms with Gasteiger partial charge in [-0.05, 0) is 31.8 Å². The van der Waals surface area contributed by atoms with Crippen molar-refractivity contribution in [2.75, 3.05) is 32.7 Å². The van der Waals surface area contributed by atoms with Gasteiger partial charge in [0.25, 0.3) is 0 Å². The van der Waals surface area contributed by atoms with Gasteiger partial charge in [0.2, 0.25) is 11.8 Å². The molecule has 2 fully saturated rings. The summed E-state index contributed by atoms with van der Waals surface area (Å²) in [6.45, 7) is 10.6. The van der Waals surface area contributed by atoms with Crippen molar-refractivity contribution in [3.05, 3.63) is 0 Å². The van der Waals surface area contributed by atoms with Crippen molar-refractivity contribution in [3.63, 3.8) is 0 Å². The standard InChI is InChI=1S/C16H29N3O2/c1-4-18-7-5-6-14(18)9-17-16(21)13-8-15(20)19(11-13)10-12(2)3/h12-14H,4-11H2,1-3H3,(H,17,21)/t13-,14-/m0/s1. The first-order chi connectivity index (χ1) is 10.0. The van der Waals surface area contributed by atoms with Crippen molar-refractivity contribution in [1.82, 2.24) is 15.1 Å². The second-order valence-corrected chi connectivity index (χ2v) is 6.76. The molecule has 0 aliphatic carbocycles. The minimum absolute atomic E-state index is 0.0533. The molecule has 5 heteroatoms. The molecule has 2 heterocycles. The molecule has 5 nitrogen and oxygen atoms in total. The molecule has 2 saturated heterocycles. The van der Waals surface area contributed by atoms with Crippen LogP contribution in [0.25, 0.3) is 0 Å². The van der Waals surface area contributed by atoms with Gasteiger partial charge in [0, 0.05) is 32.1 Å². The van der Waals surface area contributed by atoms with Crippen LogP contribution in [0.2, 0.25) is 0 Å². The van der Waals surface area contributed by atoms with Crippen LogP contribution in [-0.4, -0.2) is 60.4 Å². The monoisotopic (exact) mass is 295 g/mol. The average Bonchev–Trinajstić information content (AvgIpc) is 3.02. The van der Waals surface area contributed by atoms with E-state index in [-0.39, 0.29) is 17.7 Å². The van der Waals surface area contributed by atoms with Crippen LogP contribution in [0.1, 0.15) is 40.0 Å². The topological polar surface area (TPSA) is 52.7 Å². The molecular formula is C16H29N3O2. The maximum absolute atomic E-state index is 12.3. The Labute approximate surface area is 128 Å². The lowest BCUT2D eigenvalue weighted by atomic mass is 10.1. The highest BCUT2D eigenvalue weighted by molar-refractivity contribution is 5.89. The average molecular weight is 295 g/mol. The van der Waals surface area contributed by atoms with Crippen LogP contribution in [0.4, 0.5) is 0 Å². The fraction of sp³-hybridized carbons (Fsp3) is 0.875. The van der Waals surface area contributed by atoms with E-state index >= 15 is 0 Å². The Balaban J connectivity index is 1.78. The molecule has 0 aromatic carbocycles. The molecule has 0 radical (unpaired) electrons. The maximum atomic E-state index is 12.3. The van der Waals surface area contributed by atoms with Crippen molar-refractivity contribution in [2.45, 2.75) is 46.1 Å². The van der Waals surface area contributed by atoms with Gasteiger partial charge in [0.1, 0.15) is 0 Å². The zero-order valence-electron chi connectivity index (χ0n) is 13.6. The summed E-state index contributed by atoms with van der Waals surface area (Å²) in [7, 11) is 0. The summed E-state index contributed by atoms with van der Waals surface area (Å²) in [5.41, 5.74) is 0. The predicted octanol–water partition coefficient (Wildman–Crippen LogP) is 1.09. The molecule has 0 saturated carbocycles. The molecule has 1 N–H and O–H groups in total. The molecule has 2 atom stereocenters. The highest BCUT2D eigenvalue weighted by Crippen LogP contribution is 2.20. The summed E-state index contributed by atoms with van der Waals surface area (Å²) >= 11 is 0. The van der Waals surface area contributed by atoms with E-state index in [0.717, 1.165) is 32.6 Å². The number of carbonyl (C=O) groups excluding carboxylic acids is 2. The summed E-state index contributed by atoms with van der Waals surface area (Å²) in [4.78, 5) is 28.4. The SMILES string of the molecule is CCN1CCC[C@H]1CNC(=O)[C@H]1CC(=O)N(CC(C)C)C1. The molecule has 2 amide bonds. The molecule has 0 aromatic heterocycles. The first-order valence-corrected chi connectivity index (χ1v) is 8.30. The van der Waals surface area contributed by atoms with Gasteiger partial charge in [0.05, 0.1) is 5.92 Å². The van der Waals surface area contributed by atoms with Crippen LogP contribution in [0, 0.1) is 11.8 Å². The largest absolute Gasteiger partial charge is 0.354 e. The third-order valence-corrected chi connectivity index (χ3v) is 4.59. The number of amides is 2. The van der Waals surface area contributed by atoms with Gasteiger partial charge >= 0.3 is 0 Å². The Morgan fingerprint density at radius 1 is 1.43 bits per heavy atom. The van der Waals surface area contributed by atoms with Crippen LogP contribution >= 0.6 is 0 Å². The van der Waals surface area contributed by atoms with Gasteiger partial charge in [-0.1, -0.05) is 20.8 Å². The lowest BCUT2D eigenvalue weighted by Gasteiger charge is -2.23. The zero-order chi connectivity index (χ0) is 15.4. The molecule has 0 bridgehead atoms. The van der Waals surface area contributed by atoms with Gasteiger partial charge in [-0.3, -0.25) is 14.5 Å². The molecule has 2 rings (SSSR count). The number of rotatable bonds is 6. The van der Waals surface area contributed by atoms with Crippen LogP contribution < -0.4 is 5.32 Å².